The zero-order valence-electron chi connectivity index (χ0n) is 9.47. The number of hydrogen-bond donors (Lipinski definition) is 1. The van der Waals surface area contributed by atoms with Gasteiger partial charge in [0.2, 0.25) is 0 Å². The average molecular weight is 224 g/mol. The Bertz CT molecular complexity index is 737. The quantitative estimate of drug-likeness (QED) is 0.678. The van der Waals surface area contributed by atoms with Gasteiger partial charge in [0, 0.05) is 0 Å². The molecule has 17 heavy (non-hydrogen) atoms. The van der Waals surface area contributed by atoms with Gasteiger partial charge in [0.15, 0.2) is 0 Å². The maximum absolute atomic E-state index is 12.2. The first-order chi connectivity index (χ1) is 8.27. The number of benzene rings is 2. The Hall–Kier alpha value is -2.29. The van der Waals surface area contributed by atoms with Crippen LogP contribution < -0.4 is 5.56 Å². The molecule has 0 spiro atoms. The topological polar surface area (TPSA) is 37.8 Å². The second-order valence-electron chi connectivity index (χ2n) is 4.08. The van der Waals surface area contributed by atoms with Crippen LogP contribution in [-0.4, -0.2) is 9.78 Å². The largest absolute Gasteiger partial charge is 0.290 e. The highest BCUT2D eigenvalue weighted by Gasteiger charge is 2.08. The van der Waals surface area contributed by atoms with Crippen molar-refractivity contribution in [2.45, 2.75) is 6.92 Å². The maximum atomic E-state index is 12.2. The Kier molecular flexibility index (Phi) is 2.11. The molecule has 1 N–H and O–H groups in total. The SMILES string of the molecule is Cc1ccccc1-n1[nH]c2ccccc2c1=O. The summed E-state index contributed by atoms with van der Waals surface area (Å²) < 4.78 is 1.60. The summed E-state index contributed by atoms with van der Waals surface area (Å²) in [6.45, 7) is 1.99. The van der Waals surface area contributed by atoms with Crippen LogP contribution in [0.3, 0.4) is 0 Å². The molecule has 3 rings (SSSR count). The third-order valence-electron chi connectivity index (χ3n) is 2.95. The smallest absolute Gasteiger partial charge is 0.279 e. The minimum Gasteiger partial charge on any atom is -0.290 e. The Balaban J connectivity index is 2.36. The molecule has 2 aromatic carbocycles. The number of fused-ring (bicyclic) bond motifs is 1. The van der Waals surface area contributed by atoms with Crippen LogP contribution in [0.4, 0.5) is 0 Å². The highest BCUT2D eigenvalue weighted by atomic mass is 16.1. The number of hydrogen-bond acceptors (Lipinski definition) is 1. The van der Waals surface area contributed by atoms with Crippen LogP contribution >= 0.6 is 0 Å². The van der Waals surface area contributed by atoms with Crippen LogP contribution in [-0.2, 0) is 0 Å². The predicted octanol–water partition coefficient (Wildman–Crippen LogP) is 2.63. The first kappa shape index (κ1) is 9.90. The van der Waals surface area contributed by atoms with Gasteiger partial charge < -0.3 is 0 Å². The van der Waals surface area contributed by atoms with Crippen LogP contribution in [0.25, 0.3) is 16.6 Å². The molecule has 1 heterocycles. The second kappa shape index (κ2) is 3.63. The number of nitrogens with one attached hydrogen (secondary N) is 1. The Morgan fingerprint density at radius 1 is 1.00 bits per heavy atom. The van der Waals surface area contributed by atoms with Crippen molar-refractivity contribution < 1.29 is 0 Å². The molecule has 3 nitrogen and oxygen atoms in total. The number of aromatic amines is 1. The molecule has 0 fully saturated rings. The highest BCUT2D eigenvalue weighted by Crippen LogP contribution is 2.13. The third kappa shape index (κ3) is 1.47. The average Bonchev–Trinajstić information content (AvgIpc) is 2.68. The molecular weight excluding hydrogens is 212 g/mol. The minimum absolute atomic E-state index is 0.00472. The fourth-order valence-electron chi connectivity index (χ4n) is 2.04. The lowest BCUT2D eigenvalue weighted by atomic mass is 10.2. The maximum Gasteiger partial charge on any atom is 0.279 e. The molecule has 0 radical (unpaired) electrons. The fraction of sp³-hybridized carbons (Fsp3) is 0.0714. The van der Waals surface area contributed by atoms with Gasteiger partial charge in [-0.05, 0) is 30.7 Å². The molecule has 0 aliphatic heterocycles. The third-order valence-corrected chi connectivity index (χ3v) is 2.95. The highest BCUT2D eigenvalue weighted by molar-refractivity contribution is 5.78. The van der Waals surface area contributed by atoms with Crippen molar-refractivity contribution in [3.8, 4) is 5.69 Å². The molecule has 0 atom stereocenters. The van der Waals surface area contributed by atoms with Crippen molar-refractivity contribution in [2.75, 3.05) is 0 Å². The van der Waals surface area contributed by atoms with Crippen molar-refractivity contribution in [1.82, 2.24) is 9.78 Å². The molecule has 3 aromatic rings. The predicted molar refractivity (Wildman–Crippen MR) is 68.6 cm³/mol. The summed E-state index contributed by atoms with van der Waals surface area (Å²) in [5, 5.41) is 3.84. The standard InChI is InChI=1S/C14H12N2O/c1-10-6-2-5-9-13(10)16-14(17)11-7-3-4-8-12(11)15-16/h2-9,15H,1H3. The van der Waals surface area contributed by atoms with E-state index in [-0.39, 0.29) is 5.56 Å². The summed E-state index contributed by atoms with van der Waals surface area (Å²) in [6, 6.07) is 15.4. The Labute approximate surface area is 98.3 Å². The van der Waals surface area contributed by atoms with E-state index in [2.05, 4.69) is 5.10 Å². The van der Waals surface area contributed by atoms with E-state index in [0.29, 0.717) is 0 Å². The molecular formula is C14H12N2O. The molecule has 0 unspecified atom stereocenters. The minimum atomic E-state index is -0.00472. The van der Waals surface area contributed by atoms with Gasteiger partial charge in [0.25, 0.3) is 5.56 Å². The first-order valence-corrected chi connectivity index (χ1v) is 5.53. The van der Waals surface area contributed by atoms with Crippen LogP contribution in [0.2, 0.25) is 0 Å². The van der Waals surface area contributed by atoms with Gasteiger partial charge >= 0.3 is 0 Å². The first-order valence-electron chi connectivity index (χ1n) is 5.53. The van der Waals surface area contributed by atoms with Crippen molar-refractivity contribution in [3.63, 3.8) is 0 Å². The van der Waals surface area contributed by atoms with E-state index in [1.54, 1.807) is 4.68 Å². The molecule has 0 aliphatic carbocycles. The number of rotatable bonds is 1. The fourth-order valence-corrected chi connectivity index (χ4v) is 2.04. The van der Waals surface area contributed by atoms with Gasteiger partial charge in [-0.1, -0.05) is 30.3 Å². The molecule has 84 valence electrons. The van der Waals surface area contributed by atoms with E-state index in [9.17, 15) is 4.79 Å². The van der Waals surface area contributed by atoms with E-state index < -0.39 is 0 Å². The summed E-state index contributed by atoms with van der Waals surface area (Å²) in [6.07, 6.45) is 0. The van der Waals surface area contributed by atoms with Gasteiger partial charge in [0.05, 0.1) is 16.6 Å². The number of aromatic nitrogens is 2. The lowest BCUT2D eigenvalue weighted by Crippen LogP contribution is -2.15. The summed E-state index contributed by atoms with van der Waals surface area (Å²) in [4.78, 5) is 12.2. The van der Waals surface area contributed by atoms with Crippen molar-refractivity contribution in [3.05, 3.63) is 64.4 Å². The molecule has 0 saturated heterocycles. The summed E-state index contributed by atoms with van der Waals surface area (Å²) in [5.41, 5.74) is 2.82. The Morgan fingerprint density at radius 2 is 1.71 bits per heavy atom. The van der Waals surface area contributed by atoms with Gasteiger partial charge in [0.1, 0.15) is 0 Å². The van der Waals surface area contributed by atoms with Crippen LogP contribution in [0.1, 0.15) is 5.56 Å². The summed E-state index contributed by atoms with van der Waals surface area (Å²) >= 11 is 0. The number of nitrogens with zero attached hydrogens (tertiary/aromatic N) is 1. The molecule has 3 heteroatoms. The molecule has 0 aliphatic rings. The van der Waals surface area contributed by atoms with E-state index in [1.807, 2.05) is 55.5 Å². The van der Waals surface area contributed by atoms with Gasteiger partial charge in [-0.15, -0.1) is 0 Å². The number of aryl methyl sites for hydroxylation is 1. The van der Waals surface area contributed by atoms with Crippen molar-refractivity contribution >= 4 is 10.9 Å². The van der Waals surface area contributed by atoms with Gasteiger partial charge in [-0.2, -0.15) is 0 Å². The zero-order chi connectivity index (χ0) is 11.8. The van der Waals surface area contributed by atoms with Crippen LogP contribution in [0.5, 0.6) is 0 Å². The second-order valence-corrected chi connectivity index (χ2v) is 4.08. The summed E-state index contributed by atoms with van der Waals surface area (Å²) in [5.74, 6) is 0. The van der Waals surface area contributed by atoms with E-state index >= 15 is 0 Å². The van der Waals surface area contributed by atoms with Crippen LogP contribution in [0, 0.1) is 6.92 Å². The van der Waals surface area contributed by atoms with Gasteiger partial charge in [-0.25, -0.2) is 4.68 Å². The summed E-state index contributed by atoms with van der Waals surface area (Å²) in [7, 11) is 0. The monoisotopic (exact) mass is 224 g/mol. The normalized spacial score (nSPS) is 10.9. The van der Waals surface area contributed by atoms with Crippen molar-refractivity contribution in [2.24, 2.45) is 0 Å². The zero-order valence-corrected chi connectivity index (χ0v) is 9.47. The van der Waals surface area contributed by atoms with Gasteiger partial charge in [-0.3, -0.25) is 9.89 Å². The Morgan fingerprint density at radius 3 is 2.47 bits per heavy atom. The molecule has 0 saturated carbocycles. The molecule has 0 amide bonds. The van der Waals surface area contributed by atoms with E-state index in [1.165, 1.54) is 0 Å². The van der Waals surface area contributed by atoms with Crippen LogP contribution in [0.15, 0.2) is 53.3 Å². The lowest BCUT2D eigenvalue weighted by molar-refractivity contribution is 0.856. The van der Waals surface area contributed by atoms with E-state index in [0.717, 1.165) is 22.2 Å². The molecule has 0 bridgehead atoms. The molecule has 1 aromatic heterocycles. The number of para-hydroxylation sites is 2. The lowest BCUT2D eigenvalue weighted by Gasteiger charge is -2.04. The van der Waals surface area contributed by atoms with Crippen molar-refractivity contribution in [1.29, 1.82) is 0 Å². The number of H-pyrrole nitrogens is 1. The van der Waals surface area contributed by atoms with E-state index in [4.69, 9.17) is 0 Å².